The van der Waals surface area contributed by atoms with Gasteiger partial charge in [-0.05, 0) is 24.6 Å². The van der Waals surface area contributed by atoms with Gasteiger partial charge in [0.05, 0.1) is 19.3 Å². The summed E-state index contributed by atoms with van der Waals surface area (Å²) in [5.74, 6) is 0.363. The number of benzene rings is 1. The number of carbonyl (C=O) groups is 1. The summed E-state index contributed by atoms with van der Waals surface area (Å²) in [6, 6.07) is 6.93. The van der Waals surface area contributed by atoms with Crippen LogP contribution in [0.5, 0.6) is 5.75 Å². The molecule has 0 spiro atoms. The lowest BCUT2D eigenvalue weighted by molar-refractivity contribution is 0.0504. The van der Waals surface area contributed by atoms with Gasteiger partial charge in [0.1, 0.15) is 5.75 Å². The van der Waals surface area contributed by atoms with Crippen LogP contribution < -0.4 is 9.88 Å². The molecule has 18 heavy (non-hydrogen) atoms. The van der Waals surface area contributed by atoms with Gasteiger partial charge in [0, 0.05) is 11.3 Å². The van der Waals surface area contributed by atoms with Crippen molar-refractivity contribution in [2.45, 2.75) is 13.3 Å². The van der Waals surface area contributed by atoms with Gasteiger partial charge in [0.25, 0.3) is 0 Å². The van der Waals surface area contributed by atoms with E-state index in [-0.39, 0.29) is 5.97 Å². The summed E-state index contributed by atoms with van der Waals surface area (Å²) < 4.78 is 27.5. The standard InChI is InChI=1S/C11H14O3.H3NO2S/c1-3-7-14-11(12)9-5-4-6-10(8-9)13-2;1-4(2)3/h4-6,8H,3,7H2,1-2H3;1H2,(H,2,3)/p-1. The van der Waals surface area contributed by atoms with Crippen LogP contribution in [0.25, 0.3) is 0 Å². The quantitative estimate of drug-likeness (QED) is 0.652. The molecule has 2 N–H and O–H groups in total. The summed E-state index contributed by atoms with van der Waals surface area (Å²) in [7, 11) is 1.57. The average Bonchev–Trinajstić information content (AvgIpc) is 2.35. The Balaban J connectivity index is 0.000000631. The van der Waals surface area contributed by atoms with E-state index in [9.17, 15) is 4.79 Å². The smallest absolute Gasteiger partial charge is 0.338 e. The van der Waals surface area contributed by atoms with Gasteiger partial charge < -0.3 is 14.0 Å². The fourth-order valence-corrected chi connectivity index (χ4v) is 1.03. The van der Waals surface area contributed by atoms with Gasteiger partial charge in [-0.25, -0.2) is 4.79 Å². The first-order valence-corrected chi connectivity index (χ1v) is 6.29. The maximum atomic E-state index is 11.4. The van der Waals surface area contributed by atoms with Crippen LogP contribution in [0.1, 0.15) is 23.7 Å². The van der Waals surface area contributed by atoms with E-state index in [2.05, 4.69) is 5.14 Å². The molecular formula is C11H16NO5S-. The van der Waals surface area contributed by atoms with Crippen molar-refractivity contribution in [3.63, 3.8) is 0 Å². The minimum absolute atomic E-state index is 0.300. The van der Waals surface area contributed by atoms with Crippen molar-refractivity contribution in [2.75, 3.05) is 13.7 Å². The molecule has 0 radical (unpaired) electrons. The highest BCUT2D eigenvalue weighted by Crippen LogP contribution is 2.13. The van der Waals surface area contributed by atoms with Gasteiger partial charge >= 0.3 is 5.97 Å². The molecule has 0 aromatic heterocycles. The molecule has 6 nitrogen and oxygen atoms in total. The van der Waals surface area contributed by atoms with E-state index in [4.69, 9.17) is 18.2 Å². The van der Waals surface area contributed by atoms with Crippen molar-refractivity contribution in [3.8, 4) is 5.75 Å². The molecule has 0 amide bonds. The minimum Gasteiger partial charge on any atom is -0.760 e. The fourth-order valence-electron chi connectivity index (χ4n) is 1.03. The van der Waals surface area contributed by atoms with Crippen LogP contribution in [0.15, 0.2) is 24.3 Å². The first kappa shape index (κ1) is 16.6. The first-order chi connectivity index (χ1) is 8.51. The highest BCUT2D eigenvalue weighted by Gasteiger charge is 2.06. The predicted molar refractivity (Wildman–Crippen MR) is 66.7 cm³/mol. The molecule has 0 saturated heterocycles. The fraction of sp³-hybridized carbons (Fsp3) is 0.364. The summed E-state index contributed by atoms with van der Waals surface area (Å²) >= 11 is -2.36. The first-order valence-electron chi connectivity index (χ1n) is 5.16. The normalized spacial score (nSPS) is 10.9. The number of hydrogen-bond acceptors (Lipinski definition) is 5. The largest absolute Gasteiger partial charge is 0.760 e. The zero-order chi connectivity index (χ0) is 14.0. The van der Waals surface area contributed by atoms with Crippen molar-refractivity contribution in [3.05, 3.63) is 29.8 Å². The maximum absolute atomic E-state index is 11.4. The lowest BCUT2D eigenvalue weighted by atomic mass is 10.2. The van der Waals surface area contributed by atoms with Gasteiger partial charge in [-0.2, -0.15) is 0 Å². The average molecular weight is 274 g/mol. The highest BCUT2D eigenvalue weighted by molar-refractivity contribution is 7.76. The Kier molecular flexibility index (Phi) is 8.81. The lowest BCUT2D eigenvalue weighted by Gasteiger charge is -2.04. The van der Waals surface area contributed by atoms with Gasteiger partial charge in [-0.15, -0.1) is 0 Å². The number of ether oxygens (including phenoxy) is 2. The molecule has 0 saturated carbocycles. The van der Waals surface area contributed by atoms with E-state index in [0.29, 0.717) is 17.9 Å². The van der Waals surface area contributed by atoms with E-state index < -0.39 is 11.3 Å². The van der Waals surface area contributed by atoms with Crippen molar-refractivity contribution in [1.82, 2.24) is 0 Å². The Labute approximate surface area is 109 Å². The van der Waals surface area contributed by atoms with Crippen LogP contribution in [-0.2, 0) is 16.0 Å². The molecular weight excluding hydrogens is 258 g/mol. The molecule has 0 fully saturated rings. The number of esters is 1. The summed E-state index contributed by atoms with van der Waals surface area (Å²) in [5.41, 5.74) is 0.526. The molecule has 0 aliphatic carbocycles. The van der Waals surface area contributed by atoms with E-state index >= 15 is 0 Å². The van der Waals surface area contributed by atoms with Gasteiger partial charge in [-0.1, -0.05) is 13.0 Å². The molecule has 7 heteroatoms. The Morgan fingerprint density at radius 1 is 1.50 bits per heavy atom. The second-order valence-electron chi connectivity index (χ2n) is 3.13. The Hall–Kier alpha value is -1.44. The molecule has 1 unspecified atom stereocenters. The van der Waals surface area contributed by atoms with Gasteiger partial charge in [-0.3, -0.25) is 9.35 Å². The Morgan fingerprint density at radius 2 is 2.11 bits per heavy atom. The summed E-state index contributed by atoms with van der Waals surface area (Å²) in [4.78, 5) is 11.4. The number of carbonyl (C=O) groups excluding carboxylic acids is 1. The topological polar surface area (TPSA) is 102 Å². The van der Waals surface area contributed by atoms with Crippen molar-refractivity contribution < 1.29 is 23.0 Å². The molecule has 102 valence electrons. The molecule has 0 bridgehead atoms. The minimum atomic E-state index is -2.36. The number of rotatable bonds is 4. The Bertz CT molecular complexity index is 393. The van der Waals surface area contributed by atoms with Gasteiger partial charge in [0.15, 0.2) is 0 Å². The third kappa shape index (κ3) is 7.77. The molecule has 1 rings (SSSR count). The molecule has 1 atom stereocenters. The van der Waals surface area contributed by atoms with Crippen LogP contribution in [0.2, 0.25) is 0 Å². The SMILES string of the molecule is CCCOC(=O)c1cccc(OC)c1.NS(=O)[O-]. The number of nitrogens with two attached hydrogens (primary N) is 1. The molecule has 0 aliphatic heterocycles. The van der Waals surface area contributed by atoms with Crippen LogP contribution in [0, 0.1) is 0 Å². The maximum Gasteiger partial charge on any atom is 0.338 e. The van der Waals surface area contributed by atoms with E-state index in [1.165, 1.54) is 0 Å². The van der Waals surface area contributed by atoms with Crippen molar-refractivity contribution >= 4 is 17.2 Å². The highest BCUT2D eigenvalue weighted by atomic mass is 32.2. The second-order valence-corrected chi connectivity index (χ2v) is 3.65. The van der Waals surface area contributed by atoms with Gasteiger partial charge in [0.2, 0.25) is 0 Å². The van der Waals surface area contributed by atoms with Crippen LogP contribution in [-0.4, -0.2) is 28.4 Å². The van der Waals surface area contributed by atoms with Crippen molar-refractivity contribution in [1.29, 1.82) is 0 Å². The molecule has 0 heterocycles. The van der Waals surface area contributed by atoms with Crippen LogP contribution >= 0.6 is 0 Å². The van der Waals surface area contributed by atoms with Crippen molar-refractivity contribution in [2.24, 2.45) is 5.14 Å². The third-order valence-corrected chi connectivity index (χ3v) is 1.74. The Morgan fingerprint density at radius 3 is 2.61 bits per heavy atom. The lowest BCUT2D eigenvalue weighted by Crippen LogP contribution is -2.05. The summed E-state index contributed by atoms with van der Waals surface area (Å²) in [5, 5.41) is 4.03. The van der Waals surface area contributed by atoms with E-state index in [0.717, 1.165) is 6.42 Å². The van der Waals surface area contributed by atoms with E-state index in [1.807, 2.05) is 6.92 Å². The summed E-state index contributed by atoms with van der Waals surface area (Å²) in [6.07, 6.45) is 0.829. The molecule has 1 aromatic rings. The third-order valence-electron chi connectivity index (χ3n) is 1.74. The zero-order valence-corrected chi connectivity index (χ0v) is 11.1. The van der Waals surface area contributed by atoms with Crippen LogP contribution in [0.3, 0.4) is 0 Å². The monoisotopic (exact) mass is 274 g/mol. The zero-order valence-electron chi connectivity index (χ0n) is 10.3. The van der Waals surface area contributed by atoms with Crippen LogP contribution in [0.4, 0.5) is 0 Å². The number of hydrogen-bond donors (Lipinski definition) is 1. The number of methoxy groups -OCH3 is 1. The predicted octanol–water partition coefficient (Wildman–Crippen LogP) is 1.00. The van der Waals surface area contributed by atoms with E-state index in [1.54, 1.807) is 31.4 Å². The second kappa shape index (κ2) is 9.58. The molecule has 0 aliphatic rings. The summed E-state index contributed by atoms with van der Waals surface area (Å²) in [6.45, 7) is 2.41. The molecule has 1 aromatic carbocycles.